The molecule has 0 amide bonds. The Labute approximate surface area is 192 Å². The van der Waals surface area contributed by atoms with E-state index in [9.17, 15) is 8.42 Å². The average molecular weight is 471 g/mol. The molecule has 1 atom stereocenters. The first kappa shape index (κ1) is 22.6. The molecule has 0 unspecified atom stereocenters. The molecule has 0 fully saturated rings. The number of para-hydroxylation sites is 1. The molecule has 0 bridgehead atoms. The largest absolute Gasteiger partial charge is 0.383 e. The van der Waals surface area contributed by atoms with Crippen LogP contribution in [-0.4, -0.2) is 46.1 Å². The maximum absolute atomic E-state index is 13.4. The van der Waals surface area contributed by atoms with Crippen LogP contribution < -0.4 is 0 Å². The zero-order chi connectivity index (χ0) is 22.7. The lowest BCUT2D eigenvalue weighted by molar-refractivity contribution is 0.185. The Bertz CT molecular complexity index is 1310. The smallest absolute Gasteiger partial charge is 0.268 e. The van der Waals surface area contributed by atoms with E-state index in [0.29, 0.717) is 29.7 Å². The van der Waals surface area contributed by atoms with Crippen LogP contribution in [0.1, 0.15) is 20.3 Å². The van der Waals surface area contributed by atoms with E-state index < -0.39 is 10.0 Å². The van der Waals surface area contributed by atoms with Crippen molar-refractivity contribution in [2.75, 3.05) is 13.7 Å². The van der Waals surface area contributed by atoms with Crippen LogP contribution in [0.4, 0.5) is 0 Å². The molecule has 4 aromatic rings. The van der Waals surface area contributed by atoms with E-state index in [1.54, 1.807) is 55.4 Å². The molecule has 0 aliphatic heterocycles. The summed E-state index contributed by atoms with van der Waals surface area (Å²) in [6.07, 6.45) is 2.66. The van der Waals surface area contributed by atoms with E-state index in [0.717, 1.165) is 22.5 Å². The lowest BCUT2D eigenvalue weighted by Gasteiger charge is -2.11. The van der Waals surface area contributed by atoms with Crippen LogP contribution in [-0.2, 0) is 21.3 Å². The van der Waals surface area contributed by atoms with Gasteiger partial charge in [0.25, 0.3) is 10.0 Å². The van der Waals surface area contributed by atoms with Crippen LogP contribution in [0.5, 0.6) is 0 Å². The Morgan fingerprint density at radius 2 is 1.78 bits per heavy atom. The minimum Gasteiger partial charge on any atom is -0.383 e. The maximum atomic E-state index is 13.4. The first-order valence-electron chi connectivity index (χ1n) is 10.5. The van der Waals surface area contributed by atoms with E-state index in [1.807, 2.05) is 28.8 Å². The highest BCUT2D eigenvalue weighted by molar-refractivity contribution is 7.99. The summed E-state index contributed by atoms with van der Waals surface area (Å²) in [7, 11) is -2.11. The average Bonchev–Trinajstić information content (AvgIpc) is 3.39. The number of rotatable bonds is 9. The van der Waals surface area contributed by atoms with Gasteiger partial charge in [-0.2, -0.15) is 0 Å². The molecular formula is C23H26N4O3S2. The van der Waals surface area contributed by atoms with Crippen LogP contribution in [0.2, 0.25) is 0 Å². The Hall–Kier alpha value is -2.62. The van der Waals surface area contributed by atoms with Gasteiger partial charge in [0.05, 0.1) is 23.6 Å². The fraction of sp³-hybridized carbons (Fsp3) is 0.304. The highest BCUT2D eigenvalue weighted by atomic mass is 32.2. The Morgan fingerprint density at radius 1 is 1.06 bits per heavy atom. The molecule has 32 heavy (non-hydrogen) atoms. The van der Waals surface area contributed by atoms with Gasteiger partial charge in [-0.25, -0.2) is 12.4 Å². The maximum Gasteiger partial charge on any atom is 0.268 e. The van der Waals surface area contributed by atoms with Crippen molar-refractivity contribution < 1.29 is 13.2 Å². The van der Waals surface area contributed by atoms with Crippen molar-refractivity contribution in [1.82, 2.24) is 18.7 Å². The first-order chi connectivity index (χ1) is 15.5. The van der Waals surface area contributed by atoms with Gasteiger partial charge >= 0.3 is 0 Å². The van der Waals surface area contributed by atoms with Crippen molar-refractivity contribution in [3.8, 4) is 11.4 Å². The normalized spacial score (nSPS) is 13.0. The molecule has 168 valence electrons. The van der Waals surface area contributed by atoms with Crippen molar-refractivity contribution in [3.63, 3.8) is 0 Å². The van der Waals surface area contributed by atoms with E-state index in [-0.39, 0.29) is 4.90 Å². The lowest BCUT2D eigenvalue weighted by Crippen LogP contribution is -2.11. The van der Waals surface area contributed by atoms with Gasteiger partial charge in [-0.05, 0) is 24.6 Å². The monoisotopic (exact) mass is 470 g/mol. The molecule has 0 aliphatic rings. The van der Waals surface area contributed by atoms with Gasteiger partial charge in [0.2, 0.25) is 0 Å². The molecule has 2 aromatic heterocycles. The Balaban J connectivity index is 1.90. The summed E-state index contributed by atoms with van der Waals surface area (Å²) in [4.78, 5) is 0.237. The molecule has 2 heterocycles. The number of hydrogen-bond acceptors (Lipinski definition) is 6. The highest BCUT2D eigenvalue weighted by Gasteiger charge is 2.25. The van der Waals surface area contributed by atoms with Crippen molar-refractivity contribution in [3.05, 3.63) is 60.8 Å². The molecule has 0 aliphatic carbocycles. The van der Waals surface area contributed by atoms with Gasteiger partial charge in [0, 0.05) is 29.5 Å². The van der Waals surface area contributed by atoms with Gasteiger partial charge in [-0.1, -0.05) is 62.0 Å². The van der Waals surface area contributed by atoms with Crippen LogP contribution in [0, 0.1) is 0 Å². The molecule has 4 rings (SSSR count). The topological polar surface area (TPSA) is 79.0 Å². The number of hydrogen-bond donors (Lipinski definition) is 0. The first-order valence-corrected chi connectivity index (χ1v) is 12.8. The molecule has 7 nitrogen and oxygen atoms in total. The Morgan fingerprint density at radius 3 is 2.50 bits per heavy atom. The molecule has 2 aromatic carbocycles. The summed E-state index contributed by atoms with van der Waals surface area (Å²) < 4.78 is 35.5. The summed E-state index contributed by atoms with van der Waals surface area (Å²) >= 11 is 1.66. The molecule has 9 heteroatoms. The molecule has 0 radical (unpaired) electrons. The van der Waals surface area contributed by atoms with E-state index >= 15 is 0 Å². The summed E-state index contributed by atoms with van der Waals surface area (Å²) in [5.41, 5.74) is 1.32. The third-order valence-corrected chi connectivity index (χ3v) is 8.27. The minimum absolute atomic E-state index is 0.237. The van der Waals surface area contributed by atoms with Crippen LogP contribution in [0.3, 0.4) is 0 Å². The van der Waals surface area contributed by atoms with E-state index in [4.69, 9.17) is 4.74 Å². The lowest BCUT2D eigenvalue weighted by atomic mass is 10.1. The van der Waals surface area contributed by atoms with Crippen molar-refractivity contribution >= 4 is 32.7 Å². The molecule has 0 spiro atoms. The van der Waals surface area contributed by atoms with Gasteiger partial charge < -0.3 is 4.74 Å². The molecular weight excluding hydrogens is 444 g/mol. The number of nitrogens with zero attached hydrogens (tertiary/aromatic N) is 4. The number of aromatic nitrogens is 4. The standard InChI is InChI=1S/C23H26N4O3S2/c1-4-17(2)31-23-25-24-22(26(23)14-15-30-3)20-16-27(21-13-9-8-12-19(20)21)32(28,29)18-10-6-5-7-11-18/h5-13,16-17H,4,14-15H2,1-3H3/t17-/m1/s1. The zero-order valence-electron chi connectivity index (χ0n) is 18.3. The summed E-state index contributed by atoms with van der Waals surface area (Å²) in [6.45, 7) is 5.36. The summed E-state index contributed by atoms with van der Waals surface area (Å²) in [5, 5.41) is 10.9. The van der Waals surface area contributed by atoms with Gasteiger partial charge in [0.15, 0.2) is 11.0 Å². The van der Waals surface area contributed by atoms with Crippen LogP contribution in [0.25, 0.3) is 22.3 Å². The Kier molecular flexibility index (Phi) is 6.68. The number of thioether (sulfide) groups is 1. The zero-order valence-corrected chi connectivity index (χ0v) is 19.9. The van der Waals surface area contributed by atoms with Crippen LogP contribution >= 0.6 is 11.8 Å². The van der Waals surface area contributed by atoms with Crippen LogP contribution in [0.15, 0.2) is 70.8 Å². The number of fused-ring (bicyclic) bond motifs is 1. The van der Waals surface area contributed by atoms with E-state index in [2.05, 4.69) is 24.0 Å². The quantitative estimate of drug-likeness (QED) is 0.331. The molecule has 0 N–H and O–H groups in total. The van der Waals surface area contributed by atoms with Crippen molar-refractivity contribution in [2.45, 2.75) is 42.1 Å². The number of benzene rings is 2. The fourth-order valence-electron chi connectivity index (χ4n) is 3.46. The second-order valence-corrected chi connectivity index (χ2v) is 10.7. The third kappa shape index (κ3) is 4.20. The summed E-state index contributed by atoms with van der Waals surface area (Å²) in [6, 6.07) is 15.9. The van der Waals surface area contributed by atoms with E-state index in [1.165, 1.54) is 3.97 Å². The number of ether oxygens (including phenoxy) is 1. The molecule has 0 saturated carbocycles. The number of methoxy groups -OCH3 is 1. The molecule has 0 saturated heterocycles. The van der Waals surface area contributed by atoms with Gasteiger partial charge in [-0.3, -0.25) is 4.57 Å². The fourth-order valence-corrected chi connectivity index (χ4v) is 5.77. The predicted molar refractivity (Wildman–Crippen MR) is 127 cm³/mol. The van der Waals surface area contributed by atoms with Crippen molar-refractivity contribution in [2.24, 2.45) is 0 Å². The third-order valence-electron chi connectivity index (χ3n) is 5.34. The highest BCUT2D eigenvalue weighted by Crippen LogP contribution is 2.34. The minimum atomic E-state index is -3.77. The van der Waals surface area contributed by atoms with Crippen molar-refractivity contribution in [1.29, 1.82) is 0 Å². The second kappa shape index (κ2) is 9.48. The SMILES string of the molecule is CC[C@@H](C)Sc1nnc(-c2cn(S(=O)(=O)c3ccccc3)c3ccccc23)n1CCOC. The summed E-state index contributed by atoms with van der Waals surface area (Å²) in [5.74, 6) is 0.631. The van der Waals surface area contributed by atoms with Gasteiger partial charge in [0.1, 0.15) is 0 Å². The predicted octanol–water partition coefficient (Wildman–Crippen LogP) is 4.67. The second-order valence-electron chi connectivity index (χ2n) is 7.46. The van der Waals surface area contributed by atoms with Gasteiger partial charge in [-0.15, -0.1) is 10.2 Å².